The van der Waals surface area contributed by atoms with Gasteiger partial charge in [0.15, 0.2) is 5.79 Å². The Balaban J connectivity index is 1.35. The van der Waals surface area contributed by atoms with E-state index in [0.29, 0.717) is 51.3 Å². The predicted molar refractivity (Wildman–Crippen MR) is 90.4 cm³/mol. The molecule has 26 heavy (non-hydrogen) atoms. The molecular weight excluding hydrogens is 339 g/mol. The predicted octanol–water partition coefficient (Wildman–Crippen LogP) is 1.54. The zero-order chi connectivity index (χ0) is 18.1. The number of hydrogen-bond donors (Lipinski definition) is 0. The monoisotopic (exact) mass is 362 g/mol. The second-order valence-corrected chi connectivity index (χ2v) is 7.20. The van der Waals surface area contributed by atoms with E-state index in [9.17, 15) is 14.0 Å². The van der Waals surface area contributed by atoms with Gasteiger partial charge in [0.25, 0.3) is 0 Å². The highest BCUT2D eigenvalue weighted by molar-refractivity contribution is 5.89. The zero-order valence-electron chi connectivity index (χ0n) is 14.7. The molecule has 6 nitrogen and oxygen atoms in total. The van der Waals surface area contributed by atoms with E-state index in [4.69, 9.17) is 9.47 Å². The lowest BCUT2D eigenvalue weighted by Crippen LogP contribution is -2.49. The molecule has 0 saturated carbocycles. The number of carbonyl (C=O) groups is 2. The fourth-order valence-electron chi connectivity index (χ4n) is 4.03. The fraction of sp³-hybridized carbons (Fsp3) is 0.579. The molecule has 0 N–H and O–H groups in total. The van der Waals surface area contributed by atoms with Gasteiger partial charge in [0.2, 0.25) is 11.8 Å². The molecule has 0 unspecified atom stereocenters. The van der Waals surface area contributed by atoms with Crippen LogP contribution in [0.5, 0.6) is 0 Å². The lowest BCUT2D eigenvalue weighted by Gasteiger charge is -2.38. The van der Waals surface area contributed by atoms with Crippen LogP contribution in [0.25, 0.3) is 0 Å². The summed E-state index contributed by atoms with van der Waals surface area (Å²) >= 11 is 0. The van der Waals surface area contributed by atoms with Gasteiger partial charge in [-0.2, -0.15) is 0 Å². The molecule has 1 atom stereocenters. The number of benzene rings is 1. The van der Waals surface area contributed by atoms with Crippen molar-refractivity contribution in [3.8, 4) is 0 Å². The molecule has 2 amide bonds. The summed E-state index contributed by atoms with van der Waals surface area (Å²) in [7, 11) is 0. The van der Waals surface area contributed by atoms with Gasteiger partial charge in [0.1, 0.15) is 5.82 Å². The second kappa shape index (κ2) is 6.96. The van der Waals surface area contributed by atoms with Crippen LogP contribution in [-0.4, -0.2) is 60.2 Å². The van der Waals surface area contributed by atoms with Gasteiger partial charge in [-0.25, -0.2) is 4.39 Å². The van der Waals surface area contributed by atoms with Gasteiger partial charge >= 0.3 is 0 Å². The number of ether oxygens (including phenoxy) is 2. The molecule has 3 heterocycles. The van der Waals surface area contributed by atoms with E-state index in [1.54, 1.807) is 28.0 Å². The molecule has 3 fully saturated rings. The minimum Gasteiger partial charge on any atom is -0.347 e. The summed E-state index contributed by atoms with van der Waals surface area (Å²) in [5.41, 5.74) is 0.476. The van der Waals surface area contributed by atoms with Crippen LogP contribution in [0.15, 0.2) is 24.3 Å². The Bertz CT molecular complexity index is 695. The molecule has 0 radical (unpaired) electrons. The largest absolute Gasteiger partial charge is 0.347 e. The molecule has 4 rings (SSSR count). The molecule has 1 aromatic rings. The van der Waals surface area contributed by atoms with Crippen molar-refractivity contribution in [1.82, 2.24) is 9.80 Å². The molecule has 3 aliphatic rings. The van der Waals surface area contributed by atoms with E-state index in [1.165, 1.54) is 6.07 Å². The highest BCUT2D eigenvalue weighted by Gasteiger charge is 2.43. The number of hydrogen-bond acceptors (Lipinski definition) is 4. The highest BCUT2D eigenvalue weighted by Crippen LogP contribution is 2.32. The first kappa shape index (κ1) is 17.4. The molecular formula is C19H23FN2O4. The summed E-state index contributed by atoms with van der Waals surface area (Å²) < 4.78 is 25.2. The Morgan fingerprint density at radius 3 is 2.58 bits per heavy atom. The summed E-state index contributed by atoms with van der Waals surface area (Å²) in [6.07, 6.45) is 1.53. The third-order valence-electron chi connectivity index (χ3n) is 5.53. The van der Waals surface area contributed by atoms with Gasteiger partial charge in [0.05, 0.1) is 19.1 Å². The van der Waals surface area contributed by atoms with Crippen molar-refractivity contribution in [2.75, 3.05) is 32.8 Å². The number of halogens is 1. The molecule has 1 spiro atoms. The summed E-state index contributed by atoms with van der Waals surface area (Å²) in [5.74, 6) is -1.29. The average molecular weight is 362 g/mol. The van der Waals surface area contributed by atoms with Crippen LogP contribution in [-0.2, 0) is 25.6 Å². The van der Waals surface area contributed by atoms with Gasteiger partial charge in [-0.05, 0) is 6.07 Å². The first-order valence-electron chi connectivity index (χ1n) is 9.14. The average Bonchev–Trinajstić information content (AvgIpc) is 3.24. The Morgan fingerprint density at radius 1 is 1.19 bits per heavy atom. The van der Waals surface area contributed by atoms with Gasteiger partial charge < -0.3 is 19.3 Å². The highest BCUT2D eigenvalue weighted by atomic mass is 19.1. The Morgan fingerprint density at radius 2 is 1.88 bits per heavy atom. The fourth-order valence-corrected chi connectivity index (χ4v) is 4.03. The molecule has 0 aromatic heterocycles. The van der Waals surface area contributed by atoms with Crippen molar-refractivity contribution in [1.29, 1.82) is 0 Å². The molecule has 0 aliphatic carbocycles. The SMILES string of the molecule is O=C1C[C@H](C(=O)N2CCC3(CC2)OCCO3)CN1Cc1ccccc1F. The van der Waals surface area contributed by atoms with Gasteiger partial charge in [-0.3, -0.25) is 9.59 Å². The van der Waals surface area contributed by atoms with Crippen molar-refractivity contribution in [3.05, 3.63) is 35.6 Å². The normalized spacial score (nSPS) is 25.3. The topological polar surface area (TPSA) is 59.1 Å². The van der Waals surface area contributed by atoms with E-state index < -0.39 is 5.79 Å². The summed E-state index contributed by atoms with van der Waals surface area (Å²) in [6.45, 7) is 2.93. The summed E-state index contributed by atoms with van der Waals surface area (Å²) in [6, 6.07) is 6.43. The molecule has 0 bridgehead atoms. The van der Waals surface area contributed by atoms with Crippen molar-refractivity contribution in [3.63, 3.8) is 0 Å². The summed E-state index contributed by atoms with van der Waals surface area (Å²) in [4.78, 5) is 28.5. The maximum absolute atomic E-state index is 13.8. The van der Waals surface area contributed by atoms with Crippen LogP contribution < -0.4 is 0 Å². The molecule has 140 valence electrons. The maximum atomic E-state index is 13.8. The van der Waals surface area contributed by atoms with Crippen molar-refractivity contribution < 1.29 is 23.5 Å². The van der Waals surface area contributed by atoms with E-state index in [1.807, 2.05) is 0 Å². The third-order valence-corrected chi connectivity index (χ3v) is 5.53. The van der Waals surface area contributed by atoms with E-state index >= 15 is 0 Å². The van der Waals surface area contributed by atoms with Crippen LogP contribution in [0.1, 0.15) is 24.8 Å². The van der Waals surface area contributed by atoms with Crippen molar-refractivity contribution >= 4 is 11.8 Å². The zero-order valence-corrected chi connectivity index (χ0v) is 14.7. The number of rotatable bonds is 3. The van der Waals surface area contributed by atoms with Crippen LogP contribution in [0.3, 0.4) is 0 Å². The van der Waals surface area contributed by atoms with Gasteiger partial charge in [0, 0.05) is 51.0 Å². The van der Waals surface area contributed by atoms with Gasteiger partial charge in [-0.1, -0.05) is 18.2 Å². The van der Waals surface area contributed by atoms with Crippen LogP contribution in [0, 0.1) is 11.7 Å². The maximum Gasteiger partial charge on any atom is 0.228 e. The Labute approximate surface area is 151 Å². The number of amides is 2. The Kier molecular flexibility index (Phi) is 4.67. The first-order chi connectivity index (χ1) is 12.6. The molecule has 7 heteroatoms. The lowest BCUT2D eigenvalue weighted by atomic mass is 10.0. The molecule has 3 saturated heterocycles. The van der Waals surface area contributed by atoms with Crippen LogP contribution >= 0.6 is 0 Å². The lowest BCUT2D eigenvalue weighted by molar-refractivity contribution is -0.188. The number of nitrogens with zero attached hydrogens (tertiary/aromatic N) is 2. The van der Waals surface area contributed by atoms with Gasteiger partial charge in [-0.15, -0.1) is 0 Å². The van der Waals surface area contributed by atoms with Crippen LogP contribution in [0.2, 0.25) is 0 Å². The standard InChI is InChI=1S/C19H23FN2O4/c20-16-4-2-1-3-14(16)12-22-13-15(11-17(22)23)18(24)21-7-5-19(6-8-21)25-9-10-26-19/h1-4,15H,5-13H2/t15-/m0/s1. The number of carbonyl (C=O) groups excluding carboxylic acids is 2. The van der Waals surface area contributed by atoms with Crippen molar-refractivity contribution in [2.24, 2.45) is 5.92 Å². The smallest absolute Gasteiger partial charge is 0.228 e. The Hall–Kier alpha value is -1.99. The van der Waals surface area contributed by atoms with Crippen LogP contribution in [0.4, 0.5) is 4.39 Å². The second-order valence-electron chi connectivity index (χ2n) is 7.20. The first-order valence-corrected chi connectivity index (χ1v) is 9.14. The minimum absolute atomic E-state index is 0.00207. The van der Waals surface area contributed by atoms with E-state index in [0.717, 1.165) is 0 Å². The number of likely N-dealkylation sites (tertiary alicyclic amines) is 2. The quantitative estimate of drug-likeness (QED) is 0.818. The van der Waals surface area contributed by atoms with E-state index in [-0.39, 0.29) is 36.5 Å². The molecule has 3 aliphatic heterocycles. The molecule has 1 aromatic carbocycles. The van der Waals surface area contributed by atoms with E-state index in [2.05, 4.69) is 0 Å². The van der Waals surface area contributed by atoms with Crippen molar-refractivity contribution in [2.45, 2.75) is 31.6 Å². The third kappa shape index (κ3) is 3.33. The number of piperidine rings is 1. The summed E-state index contributed by atoms with van der Waals surface area (Å²) in [5, 5.41) is 0. The minimum atomic E-state index is -0.515.